The highest BCUT2D eigenvalue weighted by Gasteiger charge is 2.43. The molecule has 0 saturated heterocycles. The Bertz CT molecular complexity index is 446. The highest BCUT2D eigenvalue weighted by molar-refractivity contribution is 5.47. The smallest absolute Gasteiger partial charge is 0.207 e. The molecule has 90 valence electrons. The molecule has 0 radical (unpaired) electrons. The van der Waals surface area contributed by atoms with E-state index in [2.05, 4.69) is 24.4 Å². The van der Waals surface area contributed by atoms with Gasteiger partial charge in [0.15, 0.2) is 0 Å². The highest BCUT2D eigenvalue weighted by Crippen LogP contribution is 2.48. The number of nitrogens with one attached hydrogen (secondary N) is 1. The minimum atomic E-state index is -0.127. The Kier molecular flexibility index (Phi) is 2.35. The molecule has 1 fully saturated rings. The van der Waals surface area contributed by atoms with Gasteiger partial charge in [0.25, 0.3) is 0 Å². The third kappa shape index (κ3) is 1.79. The molecule has 1 aromatic carbocycles. The van der Waals surface area contributed by atoms with Gasteiger partial charge >= 0.3 is 0 Å². The molecule has 2 bridgehead atoms. The van der Waals surface area contributed by atoms with E-state index in [4.69, 9.17) is 4.74 Å². The van der Waals surface area contributed by atoms with E-state index < -0.39 is 0 Å². The van der Waals surface area contributed by atoms with Crippen LogP contribution in [0.15, 0.2) is 24.3 Å². The van der Waals surface area contributed by atoms with Gasteiger partial charge in [0.1, 0.15) is 11.4 Å². The van der Waals surface area contributed by atoms with Gasteiger partial charge in [0.05, 0.1) is 0 Å². The van der Waals surface area contributed by atoms with E-state index in [1.54, 1.807) is 0 Å². The number of carbonyl (C=O) groups is 1. The Balaban J connectivity index is 1.95. The molecule has 1 N–H and O–H groups in total. The molecular formula is C14H17NO2. The van der Waals surface area contributed by atoms with Gasteiger partial charge in [0, 0.05) is 12.5 Å². The van der Waals surface area contributed by atoms with Gasteiger partial charge in [-0.05, 0) is 37.3 Å². The molecule has 0 aromatic heterocycles. The molecular weight excluding hydrogens is 214 g/mol. The summed E-state index contributed by atoms with van der Waals surface area (Å²) in [6.45, 7) is 2.15. The number of hydrogen-bond donors (Lipinski definition) is 1. The summed E-state index contributed by atoms with van der Waals surface area (Å²) >= 11 is 0. The van der Waals surface area contributed by atoms with Crippen LogP contribution in [0.5, 0.6) is 5.75 Å². The summed E-state index contributed by atoms with van der Waals surface area (Å²) in [5.41, 5.74) is 1.17. The second-order valence-corrected chi connectivity index (χ2v) is 5.41. The maximum Gasteiger partial charge on any atom is 0.207 e. The number of benzene rings is 1. The van der Waals surface area contributed by atoms with Crippen LogP contribution in [0, 0.1) is 0 Å². The molecule has 3 nitrogen and oxygen atoms in total. The van der Waals surface area contributed by atoms with Crippen LogP contribution in [-0.2, 0) is 4.79 Å². The van der Waals surface area contributed by atoms with Gasteiger partial charge < -0.3 is 10.1 Å². The van der Waals surface area contributed by atoms with E-state index >= 15 is 0 Å². The molecule has 3 rings (SSSR count). The van der Waals surface area contributed by atoms with Crippen LogP contribution in [0.2, 0.25) is 0 Å². The van der Waals surface area contributed by atoms with Crippen molar-refractivity contribution in [2.45, 2.75) is 43.7 Å². The number of hydrogen-bond acceptors (Lipinski definition) is 2. The molecule has 2 aliphatic rings. The third-order valence-corrected chi connectivity index (χ3v) is 3.94. The average molecular weight is 231 g/mol. The zero-order chi connectivity index (χ0) is 11.9. The van der Waals surface area contributed by atoms with Crippen molar-refractivity contribution in [2.24, 2.45) is 0 Å². The summed E-state index contributed by atoms with van der Waals surface area (Å²) in [6, 6.07) is 8.51. The Morgan fingerprint density at radius 2 is 2.24 bits per heavy atom. The first-order valence-corrected chi connectivity index (χ1v) is 6.18. The number of ether oxygens (including phenoxy) is 1. The number of amides is 1. The molecule has 3 heteroatoms. The molecule has 1 aromatic rings. The first-order chi connectivity index (χ1) is 8.20. The molecule has 1 saturated carbocycles. The van der Waals surface area contributed by atoms with E-state index in [9.17, 15) is 4.79 Å². The number of rotatable bonds is 2. The molecule has 1 heterocycles. The highest BCUT2D eigenvalue weighted by atomic mass is 16.5. The summed E-state index contributed by atoms with van der Waals surface area (Å²) in [4.78, 5) is 10.6. The first-order valence-electron chi connectivity index (χ1n) is 6.18. The van der Waals surface area contributed by atoms with Crippen molar-refractivity contribution in [3.05, 3.63) is 29.8 Å². The standard InChI is InChI=1S/C14H17NO2/c1-14-7-10(6-11(8-14)15-9-16)12-4-2-3-5-13(12)17-14/h2-5,9-11H,6-8H2,1H3,(H,15,16). The predicted octanol–water partition coefficient (Wildman–Crippen LogP) is 2.22. The van der Waals surface area contributed by atoms with Crippen LogP contribution in [0.4, 0.5) is 0 Å². The van der Waals surface area contributed by atoms with Crippen molar-refractivity contribution in [2.75, 3.05) is 0 Å². The number of para-hydroxylation sites is 1. The Hall–Kier alpha value is -1.51. The average Bonchev–Trinajstić information content (AvgIpc) is 2.28. The van der Waals surface area contributed by atoms with Crippen LogP contribution < -0.4 is 10.1 Å². The summed E-state index contributed by atoms with van der Waals surface area (Å²) in [5.74, 6) is 1.53. The van der Waals surface area contributed by atoms with Crippen molar-refractivity contribution >= 4 is 6.41 Å². The number of fused-ring (bicyclic) bond motifs is 4. The predicted molar refractivity (Wildman–Crippen MR) is 65.1 cm³/mol. The lowest BCUT2D eigenvalue weighted by atomic mass is 9.71. The van der Waals surface area contributed by atoms with Crippen molar-refractivity contribution in [3.8, 4) is 5.75 Å². The van der Waals surface area contributed by atoms with E-state index in [-0.39, 0.29) is 11.6 Å². The largest absolute Gasteiger partial charge is 0.487 e. The summed E-state index contributed by atoms with van der Waals surface area (Å²) in [5, 5.41) is 2.91. The fraction of sp³-hybridized carbons (Fsp3) is 0.500. The van der Waals surface area contributed by atoms with E-state index in [1.165, 1.54) is 5.56 Å². The van der Waals surface area contributed by atoms with Gasteiger partial charge in [-0.25, -0.2) is 0 Å². The van der Waals surface area contributed by atoms with Gasteiger partial charge in [-0.3, -0.25) is 4.79 Å². The normalized spacial score (nSPS) is 34.4. The van der Waals surface area contributed by atoms with E-state index in [0.717, 1.165) is 31.4 Å². The number of carbonyl (C=O) groups excluding carboxylic acids is 1. The molecule has 1 amide bonds. The van der Waals surface area contributed by atoms with Gasteiger partial charge in [-0.2, -0.15) is 0 Å². The van der Waals surface area contributed by atoms with E-state index in [0.29, 0.717) is 5.92 Å². The van der Waals surface area contributed by atoms with Crippen molar-refractivity contribution in [1.82, 2.24) is 5.32 Å². The van der Waals surface area contributed by atoms with Gasteiger partial charge in [-0.15, -0.1) is 0 Å². The van der Waals surface area contributed by atoms with Crippen molar-refractivity contribution in [1.29, 1.82) is 0 Å². The molecule has 0 spiro atoms. The van der Waals surface area contributed by atoms with Crippen molar-refractivity contribution < 1.29 is 9.53 Å². The summed E-state index contributed by atoms with van der Waals surface area (Å²) < 4.78 is 6.11. The Morgan fingerprint density at radius 3 is 3.06 bits per heavy atom. The zero-order valence-electron chi connectivity index (χ0n) is 9.98. The lowest BCUT2D eigenvalue weighted by Crippen LogP contribution is -2.49. The fourth-order valence-electron chi connectivity index (χ4n) is 3.36. The van der Waals surface area contributed by atoms with E-state index in [1.807, 2.05) is 12.1 Å². The minimum absolute atomic E-state index is 0.127. The first kappa shape index (κ1) is 10.6. The van der Waals surface area contributed by atoms with Gasteiger partial charge in [0.2, 0.25) is 6.41 Å². The summed E-state index contributed by atoms with van der Waals surface area (Å²) in [6.07, 6.45) is 3.79. The Labute approximate surface area is 101 Å². The summed E-state index contributed by atoms with van der Waals surface area (Å²) in [7, 11) is 0. The molecule has 3 atom stereocenters. The maximum absolute atomic E-state index is 10.6. The molecule has 3 unspecified atom stereocenters. The van der Waals surface area contributed by atoms with Crippen molar-refractivity contribution in [3.63, 3.8) is 0 Å². The molecule has 17 heavy (non-hydrogen) atoms. The Morgan fingerprint density at radius 1 is 1.41 bits per heavy atom. The minimum Gasteiger partial charge on any atom is -0.487 e. The van der Waals surface area contributed by atoms with Crippen LogP contribution in [-0.4, -0.2) is 18.1 Å². The van der Waals surface area contributed by atoms with Gasteiger partial charge in [-0.1, -0.05) is 18.2 Å². The lowest BCUT2D eigenvalue weighted by molar-refractivity contribution is -0.111. The lowest BCUT2D eigenvalue weighted by Gasteiger charge is -2.46. The third-order valence-electron chi connectivity index (χ3n) is 3.94. The second kappa shape index (κ2) is 3.76. The topological polar surface area (TPSA) is 38.3 Å². The molecule has 1 aliphatic heterocycles. The SMILES string of the molecule is CC12CC(NC=O)CC(C1)c1ccccc1O2. The maximum atomic E-state index is 10.6. The molecule has 1 aliphatic carbocycles. The van der Waals surface area contributed by atoms with Crippen LogP contribution in [0.25, 0.3) is 0 Å². The van der Waals surface area contributed by atoms with Crippen LogP contribution >= 0.6 is 0 Å². The van der Waals surface area contributed by atoms with Crippen LogP contribution in [0.1, 0.15) is 37.7 Å². The monoisotopic (exact) mass is 231 g/mol. The second-order valence-electron chi connectivity index (χ2n) is 5.41. The fourth-order valence-corrected chi connectivity index (χ4v) is 3.36. The van der Waals surface area contributed by atoms with Crippen LogP contribution in [0.3, 0.4) is 0 Å². The zero-order valence-corrected chi connectivity index (χ0v) is 9.98. The quantitative estimate of drug-likeness (QED) is 0.793.